The lowest BCUT2D eigenvalue weighted by atomic mass is 10.0. The van der Waals surface area contributed by atoms with Gasteiger partial charge in [-0.1, -0.05) is 13.3 Å². The Balaban J connectivity index is 1.35. The van der Waals surface area contributed by atoms with E-state index in [0.717, 1.165) is 46.5 Å². The summed E-state index contributed by atoms with van der Waals surface area (Å²) in [6, 6.07) is 11.8. The average molecular weight is 613 g/mol. The number of rotatable bonds is 10. The highest BCUT2D eigenvalue weighted by molar-refractivity contribution is 7.88. The van der Waals surface area contributed by atoms with Crippen molar-refractivity contribution in [2.45, 2.75) is 32.7 Å². The van der Waals surface area contributed by atoms with Gasteiger partial charge in [0.15, 0.2) is 0 Å². The van der Waals surface area contributed by atoms with E-state index >= 15 is 0 Å². The zero-order chi connectivity index (χ0) is 30.8. The van der Waals surface area contributed by atoms with E-state index in [4.69, 9.17) is 0 Å². The lowest BCUT2D eigenvalue weighted by Crippen LogP contribution is -2.21. The molecule has 0 spiro atoms. The highest BCUT2D eigenvalue weighted by Gasteiger charge is 2.17. The smallest absolute Gasteiger partial charge is 0.224 e. The van der Waals surface area contributed by atoms with Crippen molar-refractivity contribution in [1.82, 2.24) is 34.9 Å². The first kappa shape index (κ1) is 29.1. The quantitative estimate of drug-likeness (QED) is 0.158. The molecule has 224 valence electrons. The fraction of sp³-hybridized carbons (Fsp3) is 0.194. The Kier molecular flexibility index (Phi) is 7.89. The minimum atomic E-state index is -3.45. The molecule has 0 bridgehead atoms. The van der Waals surface area contributed by atoms with Crippen LogP contribution in [0.3, 0.4) is 0 Å². The number of pyridine rings is 3. The molecule has 0 radical (unpaired) electrons. The van der Waals surface area contributed by atoms with Crippen LogP contribution in [0.1, 0.15) is 31.7 Å². The number of nitrogens with zero attached hydrogens (tertiary/aromatic N) is 4. The lowest BCUT2D eigenvalue weighted by molar-refractivity contribution is -0.116. The van der Waals surface area contributed by atoms with Gasteiger partial charge in [-0.25, -0.2) is 17.5 Å². The molecule has 6 aromatic rings. The molecule has 1 aromatic carbocycles. The molecule has 13 heteroatoms. The summed E-state index contributed by atoms with van der Waals surface area (Å²) in [4.78, 5) is 29.0. The third-order valence-electron chi connectivity index (χ3n) is 7.10. The van der Waals surface area contributed by atoms with Crippen molar-refractivity contribution in [1.29, 1.82) is 0 Å². The Morgan fingerprint density at radius 3 is 2.61 bits per heavy atom. The number of unbranched alkanes of at least 4 members (excludes halogenated alkanes) is 1. The Morgan fingerprint density at radius 2 is 1.80 bits per heavy atom. The van der Waals surface area contributed by atoms with Gasteiger partial charge in [0.2, 0.25) is 15.9 Å². The van der Waals surface area contributed by atoms with Crippen molar-refractivity contribution < 1.29 is 17.6 Å². The summed E-state index contributed by atoms with van der Waals surface area (Å²) in [6.07, 6.45) is 9.88. The second-order valence-corrected chi connectivity index (χ2v) is 12.4. The number of H-pyrrole nitrogens is 2. The van der Waals surface area contributed by atoms with Crippen LogP contribution in [0.4, 0.5) is 10.1 Å². The Bertz CT molecular complexity index is 2120. The maximum atomic E-state index is 14.6. The number of carbonyl (C=O) groups is 1. The van der Waals surface area contributed by atoms with E-state index in [2.05, 4.69) is 40.2 Å². The zero-order valence-corrected chi connectivity index (χ0v) is 24.8. The number of halogens is 1. The molecular weight excluding hydrogens is 583 g/mol. The summed E-state index contributed by atoms with van der Waals surface area (Å²) in [5, 5.41) is 12.0. The molecule has 5 aromatic heterocycles. The van der Waals surface area contributed by atoms with E-state index in [1.54, 1.807) is 30.9 Å². The summed E-state index contributed by atoms with van der Waals surface area (Å²) >= 11 is 0. The number of nitrogens with one attached hydrogen (secondary N) is 4. The van der Waals surface area contributed by atoms with Crippen LogP contribution in [0.15, 0.2) is 67.3 Å². The van der Waals surface area contributed by atoms with Crippen molar-refractivity contribution in [3.63, 3.8) is 0 Å². The number of amides is 1. The fourth-order valence-corrected chi connectivity index (χ4v) is 5.43. The van der Waals surface area contributed by atoms with E-state index in [9.17, 15) is 17.6 Å². The van der Waals surface area contributed by atoms with E-state index < -0.39 is 15.8 Å². The summed E-state index contributed by atoms with van der Waals surface area (Å²) < 4.78 is 40.1. The summed E-state index contributed by atoms with van der Waals surface area (Å²) in [5.41, 5.74) is 6.38. The largest absolute Gasteiger partial charge is 0.353 e. The van der Waals surface area contributed by atoms with Gasteiger partial charge >= 0.3 is 0 Å². The average Bonchev–Trinajstić information content (AvgIpc) is 3.62. The van der Waals surface area contributed by atoms with Crippen molar-refractivity contribution in [2.75, 3.05) is 11.6 Å². The first-order valence-corrected chi connectivity index (χ1v) is 15.9. The van der Waals surface area contributed by atoms with Crippen molar-refractivity contribution in [3.05, 3.63) is 78.6 Å². The lowest BCUT2D eigenvalue weighted by Gasteiger charge is -2.08. The van der Waals surface area contributed by atoms with Gasteiger partial charge in [0.1, 0.15) is 11.5 Å². The molecule has 0 aliphatic heterocycles. The van der Waals surface area contributed by atoms with Crippen LogP contribution in [-0.2, 0) is 21.4 Å². The van der Waals surface area contributed by atoms with Gasteiger partial charge in [-0.3, -0.25) is 24.8 Å². The molecule has 11 nitrogen and oxygen atoms in total. The van der Waals surface area contributed by atoms with E-state index in [1.165, 1.54) is 12.1 Å². The Labute approximate surface area is 252 Å². The first-order chi connectivity index (χ1) is 21.2. The van der Waals surface area contributed by atoms with Gasteiger partial charge in [-0.05, 0) is 54.4 Å². The van der Waals surface area contributed by atoms with Crippen molar-refractivity contribution in [2.24, 2.45) is 0 Å². The number of carbonyl (C=O) groups excluding carboxylic acids is 1. The minimum absolute atomic E-state index is 0.0444. The number of hydrogen-bond donors (Lipinski definition) is 4. The maximum absolute atomic E-state index is 14.6. The van der Waals surface area contributed by atoms with Gasteiger partial charge in [0.25, 0.3) is 0 Å². The summed E-state index contributed by atoms with van der Waals surface area (Å²) in [5.74, 6) is -0.557. The molecule has 0 aliphatic rings. The van der Waals surface area contributed by atoms with Crippen LogP contribution in [0.25, 0.3) is 55.7 Å². The number of aromatic nitrogens is 6. The van der Waals surface area contributed by atoms with Crippen LogP contribution in [0.2, 0.25) is 0 Å². The van der Waals surface area contributed by atoms with E-state index in [-0.39, 0.29) is 12.5 Å². The molecule has 44 heavy (non-hydrogen) atoms. The minimum Gasteiger partial charge on any atom is -0.353 e. The Morgan fingerprint density at radius 1 is 0.955 bits per heavy atom. The number of sulfonamides is 1. The van der Waals surface area contributed by atoms with Gasteiger partial charge in [0.05, 0.1) is 46.9 Å². The number of benzene rings is 1. The molecule has 0 unspecified atom stereocenters. The molecule has 6 rings (SSSR count). The highest BCUT2D eigenvalue weighted by Crippen LogP contribution is 2.34. The molecule has 4 N–H and O–H groups in total. The van der Waals surface area contributed by atoms with Crippen LogP contribution < -0.4 is 10.0 Å². The normalized spacial score (nSPS) is 11.8. The second kappa shape index (κ2) is 11.9. The third-order valence-corrected chi connectivity index (χ3v) is 7.76. The van der Waals surface area contributed by atoms with Gasteiger partial charge < -0.3 is 10.3 Å². The van der Waals surface area contributed by atoms with E-state index in [0.29, 0.717) is 46.0 Å². The molecule has 0 atom stereocenters. The van der Waals surface area contributed by atoms with Crippen molar-refractivity contribution >= 4 is 43.4 Å². The van der Waals surface area contributed by atoms with Crippen LogP contribution in [-0.4, -0.2) is 50.7 Å². The third kappa shape index (κ3) is 6.33. The number of anilines is 1. The standard InChI is InChI=1S/C31H29FN8O3S/c1-3-4-5-29(41)37-22-11-20(15-33-16-22)26-12-24-28(17-35-26)39-40-31(24)27-13-23-25(38-27)6-7-34-30(23)19-8-18(9-21(32)10-19)14-36-44(2,42)43/h6-13,15-17,36,38H,3-5,14H2,1-2H3,(H,37,41)(H,39,40). The SMILES string of the molecule is CCCCC(=O)Nc1cncc(-c2cc3c(-c4cc5c(-c6cc(F)cc(CNS(C)(=O)=O)c6)nccc5[nH]4)n[nH]c3cn2)c1. The summed E-state index contributed by atoms with van der Waals surface area (Å²) in [6.45, 7) is 1.99. The van der Waals surface area contributed by atoms with Gasteiger partial charge in [-0.15, -0.1) is 0 Å². The first-order valence-electron chi connectivity index (χ1n) is 14.0. The predicted molar refractivity (Wildman–Crippen MR) is 167 cm³/mol. The monoisotopic (exact) mass is 612 g/mol. The van der Waals surface area contributed by atoms with Gasteiger partial charge in [0, 0.05) is 52.8 Å². The zero-order valence-electron chi connectivity index (χ0n) is 24.0. The topological polar surface area (TPSA) is 158 Å². The molecule has 0 fully saturated rings. The molecule has 5 heterocycles. The van der Waals surface area contributed by atoms with Gasteiger partial charge in [-0.2, -0.15) is 5.10 Å². The second-order valence-electron chi connectivity index (χ2n) is 10.5. The fourth-order valence-electron chi connectivity index (χ4n) is 5.00. The number of hydrogen-bond acceptors (Lipinski definition) is 7. The highest BCUT2D eigenvalue weighted by atomic mass is 32.2. The molecule has 0 saturated heterocycles. The molecule has 0 aliphatic carbocycles. The van der Waals surface area contributed by atoms with Crippen molar-refractivity contribution in [3.8, 4) is 33.9 Å². The summed E-state index contributed by atoms with van der Waals surface area (Å²) in [7, 11) is -3.45. The van der Waals surface area contributed by atoms with Crippen LogP contribution >= 0.6 is 0 Å². The molecular formula is C31H29FN8O3S. The molecule has 0 saturated carbocycles. The molecule has 1 amide bonds. The number of aromatic amines is 2. The maximum Gasteiger partial charge on any atom is 0.224 e. The van der Waals surface area contributed by atoms with Crippen LogP contribution in [0, 0.1) is 5.82 Å². The Hall–Kier alpha value is -5.01. The number of fused-ring (bicyclic) bond motifs is 2. The van der Waals surface area contributed by atoms with E-state index in [1.807, 2.05) is 31.2 Å². The predicted octanol–water partition coefficient (Wildman–Crippen LogP) is 5.55. The van der Waals surface area contributed by atoms with Crippen LogP contribution in [0.5, 0.6) is 0 Å².